The van der Waals surface area contributed by atoms with E-state index < -0.39 is 10.9 Å². The topological polar surface area (TPSA) is 107 Å². The van der Waals surface area contributed by atoms with Crippen molar-refractivity contribution in [3.05, 3.63) is 64.2 Å². The maximum absolute atomic E-state index is 12.8. The smallest absolute Gasteiger partial charge is 0.343 e. The molecule has 8 nitrogen and oxygen atoms in total. The SMILES string of the molecule is C[C@H]1CC[C@H]2C(=O)N(c3ccc(C(=O)Oc4ccc([N+](=O)[O-])cc4)cc3)C(=O)[C@H]2C1. The van der Waals surface area contributed by atoms with Crippen molar-refractivity contribution < 1.29 is 24.0 Å². The summed E-state index contributed by atoms with van der Waals surface area (Å²) in [6, 6.07) is 11.3. The molecule has 2 amide bonds. The minimum Gasteiger partial charge on any atom is -0.423 e. The van der Waals surface area contributed by atoms with Crippen molar-refractivity contribution in [2.45, 2.75) is 26.2 Å². The Morgan fingerprint density at radius 3 is 2.27 bits per heavy atom. The first-order chi connectivity index (χ1) is 14.3. The van der Waals surface area contributed by atoms with Crippen molar-refractivity contribution in [1.82, 2.24) is 0 Å². The predicted molar refractivity (Wildman–Crippen MR) is 107 cm³/mol. The fourth-order valence-corrected chi connectivity index (χ4v) is 4.19. The van der Waals surface area contributed by atoms with E-state index >= 15 is 0 Å². The van der Waals surface area contributed by atoms with Crippen molar-refractivity contribution >= 4 is 29.2 Å². The van der Waals surface area contributed by atoms with Crippen LogP contribution in [0, 0.1) is 27.9 Å². The fraction of sp³-hybridized carbons (Fsp3) is 0.318. The molecule has 30 heavy (non-hydrogen) atoms. The third-order valence-corrected chi connectivity index (χ3v) is 5.81. The third-order valence-electron chi connectivity index (χ3n) is 5.81. The molecule has 1 heterocycles. The zero-order valence-electron chi connectivity index (χ0n) is 16.3. The van der Waals surface area contributed by atoms with Gasteiger partial charge < -0.3 is 4.74 Å². The van der Waals surface area contributed by atoms with E-state index in [2.05, 4.69) is 6.92 Å². The number of carbonyl (C=O) groups excluding carboxylic acids is 3. The number of amides is 2. The molecular weight excluding hydrogens is 388 g/mol. The number of nitro groups is 1. The van der Waals surface area contributed by atoms with Crippen LogP contribution in [0.5, 0.6) is 5.75 Å². The molecule has 0 N–H and O–H groups in total. The van der Waals surface area contributed by atoms with Gasteiger partial charge in [0.1, 0.15) is 5.75 Å². The van der Waals surface area contributed by atoms with Crippen LogP contribution in [0.2, 0.25) is 0 Å². The van der Waals surface area contributed by atoms with Crippen molar-refractivity contribution in [2.24, 2.45) is 17.8 Å². The molecule has 154 valence electrons. The van der Waals surface area contributed by atoms with Gasteiger partial charge in [-0.25, -0.2) is 4.79 Å². The summed E-state index contributed by atoms with van der Waals surface area (Å²) in [7, 11) is 0. The molecule has 2 aromatic rings. The molecule has 0 unspecified atom stereocenters. The lowest BCUT2D eigenvalue weighted by Gasteiger charge is -2.25. The summed E-state index contributed by atoms with van der Waals surface area (Å²) < 4.78 is 5.22. The van der Waals surface area contributed by atoms with Crippen LogP contribution >= 0.6 is 0 Å². The largest absolute Gasteiger partial charge is 0.423 e. The molecule has 3 atom stereocenters. The maximum Gasteiger partial charge on any atom is 0.343 e. The van der Waals surface area contributed by atoms with Gasteiger partial charge in [-0.15, -0.1) is 0 Å². The lowest BCUT2D eigenvalue weighted by atomic mass is 9.76. The molecule has 0 spiro atoms. The predicted octanol–water partition coefficient (Wildman–Crippen LogP) is 3.74. The molecule has 1 aliphatic carbocycles. The summed E-state index contributed by atoms with van der Waals surface area (Å²) in [6.07, 6.45) is 2.40. The van der Waals surface area contributed by atoms with E-state index in [-0.39, 0.29) is 40.7 Å². The van der Waals surface area contributed by atoms with E-state index in [0.29, 0.717) is 11.6 Å². The molecule has 4 rings (SSSR count). The molecule has 8 heteroatoms. The summed E-state index contributed by atoms with van der Waals surface area (Å²) in [6.45, 7) is 2.10. The first-order valence-electron chi connectivity index (χ1n) is 9.79. The first kappa shape index (κ1) is 19.8. The number of fused-ring (bicyclic) bond motifs is 1. The Kier molecular flexibility index (Phi) is 5.07. The highest BCUT2D eigenvalue weighted by Crippen LogP contribution is 2.42. The number of esters is 1. The fourth-order valence-electron chi connectivity index (χ4n) is 4.19. The average molecular weight is 408 g/mol. The van der Waals surface area contributed by atoms with Crippen molar-refractivity contribution in [2.75, 3.05) is 4.90 Å². The number of rotatable bonds is 4. The number of imide groups is 1. The summed E-state index contributed by atoms with van der Waals surface area (Å²) in [5.74, 6) is -0.876. The Morgan fingerprint density at radius 2 is 1.63 bits per heavy atom. The number of ether oxygens (including phenoxy) is 1. The van der Waals surface area contributed by atoms with Crippen LogP contribution in [0.1, 0.15) is 36.5 Å². The minimum atomic E-state index is -0.642. The van der Waals surface area contributed by atoms with Crippen LogP contribution in [0.3, 0.4) is 0 Å². The van der Waals surface area contributed by atoms with Crippen LogP contribution < -0.4 is 9.64 Å². The number of carbonyl (C=O) groups is 3. The maximum atomic E-state index is 12.8. The Labute approximate surface area is 172 Å². The van der Waals surface area contributed by atoms with Gasteiger partial charge in [-0.1, -0.05) is 6.92 Å². The second-order valence-electron chi connectivity index (χ2n) is 7.83. The van der Waals surface area contributed by atoms with Gasteiger partial charge in [0.2, 0.25) is 11.8 Å². The lowest BCUT2D eigenvalue weighted by molar-refractivity contribution is -0.384. The summed E-state index contributed by atoms with van der Waals surface area (Å²) >= 11 is 0. The molecule has 1 aliphatic heterocycles. The monoisotopic (exact) mass is 408 g/mol. The molecule has 0 bridgehead atoms. The molecular formula is C22H20N2O6. The average Bonchev–Trinajstić information content (AvgIpc) is 2.98. The van der Waals surface area contributed by atoms with Crippen molar-refractivity contribution in [3.63, 3.8) is 0 Å². The molecule has 2 aromatic carbocycles. The van der Waals surface area contributed by atoms with E-state index in [9.17, 15) is 24.5 Å². The Morgan fingerprint density at radius 1 is 1.00 bits per heavy atom. The highest BCUT2D eigenvalue weighted by atomic mass is 16.6. The number of nitrogens with zero attached hydrogens (tertiary/aromatic N) is 2. The third kappa shape index (κ3) is 3.56. The number of non-ortho nitro benzene ring substituents is 1. The van der Waals surface area contributed by atoms with E-state index in [1.54, 1.807) is 12.1 Å². The first-order valence-corrected chi connectivity index (χ1v) is 9.79. The van der Waals surface area contributed by atoms with Gasteiger partial charge in [0.15, 0.2) is 0 Å². The van der Waals surface area contributed by atoms with Gasteiger partial charge in [-0.05, 0) is 61.6 Å². The Balaban J connectivity index is 1.47. The molecule has 2 aliphatic rings. The van der Waals surface area contributed by atoms with Gasteiger partial charge in [0, 0.05) is 12.1 Å². The van der Waals surface area contributed by atoms with Gasteiger partial charge in [0.05, 0.1) is 28.0 Å². The zero-order valence-corrected chi connectivity index (χ0v) is 16.3. The van der Waals surface area contributed by atoms with Gasteiger partial charge in [-0.3, -0.25) is 24.6 Å². The summed E-state index contributed by atoms with van der Waals surface area (Å²) in [4.78, 5) is 49.3. The molecule has 0 aromatic heterocycles. The minimum absolute atomic E-state index is 0.103. The highest BCUT2D eigenvalue weighted by Gasteiger charge is 2.49. The summed E-state index contributed by atoms with van der Waals surface area (Å²) in [5, 5.41) is 10.7. The Hall–Kier alpha value is -3.55. The quantitative estimate of drug-likeness (QED) is 0.251. The molecule has 1 saturated carbocycles. The number of nitro benzene ring substituents is 1. The van der Waals surface area contributed by atoms with Gasteiger partial charge in [0.25, 0.3) is 5.69 Å². The molecule has 0 radical (unpaired) electrons. The van der Waals surface area contributed by atoms with Crippen LogP contribution in [0.15, 0.2) is 48.5 Å². The number of hydrogen-bond donors (Lipinski definition) is 0. The van der Waals surface area contributed by atoms with Crippen LogP contribution in [0.4, 0.5) is 11.4 Å². The van der Waals surface area contributed by atoms with Crippen molar-refractivity contribution in [1.29, 1.82) is 0 Å². The van der Waals surface area contributed by atoms with E-state index in [4.69, 9.17) is 4.74 Å². The summed E-state index contributed by atoms with van der Waals surface area (Å²) in [5.41, 5.74) is 0.579. The molecule has 2 fully saturated rings. The lowest BCUT2D eigenvalue weighted by Crippen LogP contribution is -2.30. The second kappa shape index (κ2) is 7.70. The van der Waals surface area contributed by atoms with Crippen LogP contribution in [-0.4, -0.2) is 22.7 Å². The Bertz CT molecular complexity index is 1010. The number of benzene rings is 2. The van der Waals surface area contributed by atoms with Gasteiger partial charge in [-0.2, -0.15) is 0 Å². The second-order valence-corrected chi connectivity index (χ2v) is 7.83. The normalized spacial score (nSPS) is 23.2. The standard InChI is InChI=1S/C22H20N2O6/c1-13-2-11-18-19(12-13)21(26)23(20(18)25)15-5-3-14(4-6-15)22(27)30-17-9-7-16(8-10-17)24(28)29/h3-10,13,18-19H,2,11-12H2,1H3/t13-,18+,19-/m0/s1. The zero-order chi connectivity index (χ0) is 21.4. The van der Waals surface area contributed by atoms with Crippen LogP contribution in [-0.2, 0) is 9.59 Å². The number of hydrogen-bond acceptors (Lipinski definition) is 6. The van der Waals surface area contributed by atoms with Gasteiger partial charge >= 0.3 is 5.97 Å². The van der Waals surface area contributed by atoms with E-state index in [1.165, 1.54) is 41.3 Å². The molecule has 1 saturated heterocycles. The number of anilines is 1. The van der Waals surface area contributed by atoms with E-state index in [0.717, 1.165) is 19.3 Å². The van der Waals surface area contributed by atoms with Crippen LogP contribution in [0.25, 0.3) is 0 Å². The van der Waals surface area contributed by atoms with E-state index in [1.807, 2.05) is 0 Å². The van der Waals surface area contributed by atoms with Crippen molar-refractivity contribution in [3.8, 4) is 5.75 Å². The highest BCUT2D eigenvalue weighted by molar-refractivity contribution is 6.22.